The van der Waals surface area contributed by atoms with Gasteiger partial charge in [-0.15, -0.1) is 0 Å². The molecule has 0 spiro atoms. The van der Waals surface area contributed by atoms with Gasteiger partial charge in [-0.1, -0.05) is 6.58 Å². The van der Waals surface area contributed by atoms with Gasteiger partial charge in [-0.05, 0) is 6.92 Å². The van der Waals surface area contributed by atoms with Crippen LogP contribution in [0.1, 0.15) is 6.92 Å². The standard InChI is InChI=1S/C8H8FNO/c1-6(2)11-8-3-7(9)4-10-5-8/h3-5H,1H2,2H3. The molecule has 0 saturated carbocycles. The summed E-state index contributed by atoms with van der Waals surface area (Å²) >= 11 is 0. The van der Waals surface area contributed by atoms with Gasteiger partial charge in [0, 0.05) is 6.07 Å². The van der Waals surface area contributed by atoms with E-state index >= 15 is 0 Å². The molecule has 0 fully saturated rings. The van der Waals surface area contributed by atoms with Crippen molar-refractivity contribution in [1.82, 2.24) is 4.98 Å². The summed E-state index contributed by atoms with van der Waals surface area (Å²) < 4.78 is 17.4. The molecule has 0 aliphatic rings. The highest BCUT2D eigenvalue weighted by Crippen LogP contribution is 2.11. The topological polar surface area (TPSA) is 22.1 Å². The van der Waals surface area contributed by atoms with Gasteiger partial charge in [-0.25, -0.2) is 4.39 Å². The molecule has 1 aromatic heterocycles. The van der Waals surface area contributed by atoms with Gasteiger partial charge in [0.2, 0.25) is 0 Å². The van der Waals surface area contributed by atoms with E-state index in [9.17, 15) is 4.39 Å². The molecule has 0 N–H and O–H groups in total. The maximum atomic E-state index is 12.4. The van der Waals surface area contributed by atoms with E-state index < -0.39 is 5.82 Å². The van der Waals surface area contributed by atoms with E-state index in [0.29, 0.717) is 11.5 Å². The predicted octanol–water partition coefficient (Wildman–Crippen LogP) is 2.13. The second-order valence-corrected chi connectivity index (χ2v) is 2.14. The van der Waals surface area contributed by atoms with Crippen LogP contribution in [0.5, 0.6) is 5.75 Å². The molecule has 0 radical (unpaired) electrons. The highest BCUT2D eigenvalue weighted by atomic mass is 19.1. The Morgan fingerprint density at radius 3 is 2.91 bits per heavy atom. The third kappa shape index (κ3) is 2.37. The molecule has 0 aliphatic heterocycles. The zero-order chi connectivity index (χ0) is 8.27. The van der Waals surface area contributed by atoms with Crippen LogP contribution in [0.25, 0.3) is 0 Å². The number of pyridine rings is 1. The van der Waals surface area contributed by atoms with Gasteiger partial charge in [-0.2, -0.15) is 0 Å². The van der Waals surface area contributed by atoms with Crippen molar-refractivity contribution in [3.63, 3.8) is 0 Å². The number of nitrogens with zero attached hydrogens (tertiary/aromatic N) is 1. The van der Waals surface area contributed by atoms with Gasteiger partial charge < -0.3 is 4.74 Å². The van der Waals surface area contributed by atoms with E-state index in [2.05, 4.69) is 11.6 Å². The van der Waals surface area contributed by atoms with Crippen LogP contribution in [-0.4, -0.2) is 4.98 Å². The Bertz CT molecular complexity index is 273. The summed E-state index contributed by atoms with van der Waals surface area (Å²) in [6, 6.07) is 1.25. The quantitative estimate of drug-likeness (QED) is 0.607. The van der Waals surface area contributed by atoms with Crippen molar-refractivity contribution < 1.29 is 9.13 Å². The van der Waals surface area contributed by atoms with Gasteiger partial charge in [0.15, 0.2) is 0 Å². The van der Waals surface area contributed by atoms with Gasteiger partial charge in [-0.3, -0.25) is 4.98 Å². The van der Waals surface area contributed by atoms with Gasteiger partial charge in [0.05, 0.1) is 18.2 Å². The average Bonchev–Trinajstić information content (AvgIpc) is 1.85. The summed E-state index contributed by atoms with van der Waals surface area (Å²) in [4.78, 5) is 3.60. The van der Waals surface area contributed by atoms with Crippen molar-refractivity contribution in [2.45, 2.75) is 6.92 Å². The van der Waals surface area contributed by atoms with Crippen LogP contribution in [0.3, 0.4) is 0 Å². The molecule has 1 aromatic rings. The van der Waals surface area contributed by atoms with E-state index in [4.69, 9.17) is 4.74 Å². The van der Waals surface area contributed by atoms with Crippen LogP contribution >= 0.6 is 0 Å². The fourth-order valence-electron chi connectivity index (χ4n) is 0.649. The highest BCUT2D eigenvalue weighted by Gasteiger charge is 1.95. The fraction of sp³-hybridized carbons (Fsp3) is 0.125. The van der Waals surface area contributed by atoms with Crippen molar-refractivity contribution >= 4 is 0 Å². The largest absolute Gasteiger partial charge is 0.461 e. The lowest BCUT2D eigenvalue weighted by molar-refractivity contribution is 0.424. The first-order valence-electron chi connectivity index (χ1n) is 3.12. The number of allylic oxidation sites excluding steroid dienone is 1. The monoisotopic (exact) mass is 153 g/mol. The lowest BCUT2D eigenvalue weighted by Gasteiger charge is -2.01. The minimum atomic E-state index is -0.413. The summed E-state index contributed by atoms with van der Waals surface area (Å²) in [5.41, 5.74) is 0. The van der Waals surface area contributed by atoms with Gasteiger partial charge >= 0.3 is 0 Å². The summed E-state index contributed by atoms with van der Waals surface area (Å²) in [5, 5.41) is 0. The van der Waals surface area contributed by atoms with Crippen LogP contribution in [0.15, 0.2) is 30.8 Å². The number of rotatable bonds is 2. The van der Waals surface area contributed by atoms with Crippen LogP contribution in [0, 0.1) is 5.82 Å². The molecule has 0 amide bonds. The lowest BCUT2D eigenvalue weighted by Crippen LogP contribution is -1.89. The minimum Gasteiger partial charge on any atom is -0.461 e. The Morgan fingerprint density at radius 1 is 1.64 bits per heavy atom. The van der Waals surface area contributed by atoms with Crippen LogP contribution in [0.4, 0.5) is 4.39 Å². The van der Waals surface area contributed by atoms with E-state index in [1.54, 1.807) is 6.92 Å². The van der Waals surface area contributed by atoms with Crippen molar-refractivity contribution in [1.29, 1.82) is 0 Å². The molecule has 0 aromatic carbocycles. The van der Waals surface area contributed by atoms with E-state index in [1.807, 2.05) is 0 Å². The van der Waals surface area contributed by atoms with Crippen molar-refractivity contribution in [2.24, 2.45) is 0 Å². The SMILES string of the molecule is C=C(C)Oc1cncc(F)c1. The van der Waals surface area contributed by atoms with Crippen molar-refractivity contribution in [2.75, 3.05) is 0 Å². The minimum absolute atomic E-state index is 0.373. The number of ether oxygens (including phenoxy) is 1. The Labute approximate surface area is 64.3 Å². The first-order valence-corrected chi connectivity index (χ1v) is 3.12. The van der Waals surface area contributed by atoms with Gasteiger partial charge in [0.1, 0.15) is 11.6 Å². The smallest absolute Gasteiger partial charge is 0.148 e. The molecule has 11 heavy (non-hydrogen) atoms. The first kappa shape index (κ1) is 7.72. The molecule has 0 bridgehead atoms. The Balaban J connectivity index is 2.79. The summed E-state index contributed by atoms with van der Waals surface area (Å²) in [7, 11) is 0. The molecule has 0 aliphatic carbocycles. The van der Waals surface area contributed by atoms with Crippen LogP contribution in [0.2, 0.25) is 0 Å². The second kappa shape index (κ2) is 3.14. The zero-order valence-corrected chi connectivity index (χ0v) is 6.17. The second-order valence-electron chi connectivity index (χ2n) is 2.14. The Hall–Kier alpha value is -1.38. The van der Waals surface area contributed by atoms with E-state index in [1.165, 1.54) is 12.3 Å². The number of halogens is 1. The Morgan fingerprint density at radius 2 is 2.36 bits per heavy atom. The lowest BCUT2D eigenvalue weighted by atomic mass is 10.4. The molecule has 3 heteroatoms. The normalized spacial score (nSPS) is 9.27. The summed E-state index contributed by atoms with van der Waals surface area (Å²) in [5.74, 6) is 0.471. The molecule has 2 nitrogen and oxygen atoms in total. The molecule has 0 unspecified atom stereocenters. The molecule has 1 heterocycles. The van der Waals surface area contributed by atoms with Crippen molar-refractivity contribution in [3.05, 3.63) is 36.6 Å². The first-order chi connectivity index (χ1) is 5.18. The fourth-order valence-corrected chi connectivity index (χ4v) is 0.649. The van der Waals surface area contributed by atoms with Crippen LogP contribution < -0.4 is 4.74 Å². The summed E-state index contributed by atoms with van der Waals surface area (Å²) in [6.07, 6.45) is 2.54. The molecule has 0 saturated heterocycles. The third-order valence-electron chi connectivity index (χ3n) is 0.972. The number of aromatic nitrogens is 1. The highest BCUT2D eigenvalue weighted by molar-refractivity contribution is 5.18. The van der Waals surface area contributed by atoms with Crippen molar-refractivity contribution in [3.8, 4) is 5.75 Å². The predicted molar refractivity (Wildman–Crippen MR) is 39.6 cm³/mol. The average molecular weight is 153 g/mol. The zero-order valence-electron chi connectivity index (χ0n) is 6.17. The van der Waals surface area contributed by atoms with Crippen LogP contribution in [-0.2, 0) is 0 Å². The third-order valence-corrected chi connectivity index (χ3v) is 0.972. The summed E-state index contributed by atoms with van der Waals surface area (Å²) in [6.45, 7) is 5.19. The Kier molecular flexibility index (Phi) is 2.21. The number of hydrogen-bond acceptors (Lipinski definition) is 2. The number of hydrogen-bond donors (Lipinski definition) is 0. The molecular weight excluding hydrogens is 145 g/mol. The van der Waals surface area contributed by atoms with E-state index in [0.717, 1.165) is 6.20 Å². The molecule has 1 rings (SSSR count). The van der Waals surface area contributed by atoms with E-state index in [-0.39, 0.29) is 0 Å². The van der Waals surface area contributed by atoms with Gasteiger partial charge in [0.25, 0.3) is 0 Å². The maximum absolute atomic E-state index is 12.4. The molecule has 0 atom stereocenters. The molecular formula is C8H8FNO. The molecule has 58 valence electrons. The maximum Gasteiger partial charge on any atom is 0.148 e.